The Morgan fingerprint density at radius 3 is 2.78 bits per heavy atom. The van der Waals surface area contributed by atoms with E-state index in [4.69, 9.17) is 5.73 Å². The van der Waals surface area contributed by atoms with Gasteiger partial charge in [-0.3, -0.25) is 4.90 Å². The van der Waals surface area contributed by atoms with Gasteiger partial charge in [-0.05, 0) is 44.2 Å². The van der Waals surface area contributed by atoms with Gasteiger partial charge in [0, 0.05) is 23.5 Å². The van der Waals surface area contributed by atoms with Gasteiger partial charge in [-0.2, -0.15) is 0 Å². The van der Waals surface area contributed by atoms with Crippen LogP contribution in [0.25, 0.3) is 0 Å². The van der Waals surface area contributed by atoms with Crippen LogP contribution in [-0.2, 0) is 6.42 Å². The number of hydrogen-bond donors (Lipinski definition) is 1. The largest absolute Gasteiger partial charge is 0.329 e. The van der Waals surface area contributed by atoms with Gasteiger partial charge in [0.1, 0.15) is 0 Å². The average Bonchev–Trinajstić information content (AvgIpc) is 2.83. The van der Waals surface area contributed by atoms with Gasteiger partial charge in [0.05, 0.1) is 0 Å². The van der Waals surface area contributed by atoms with Crippen LogP contribution in [0.2, 0.25) is 0 Å². The quantitative estimate of drug-likeness (QED) is 0.821. The first kappa shape index (κ1) is 14.0. The first-order chi connectivity index (χ1) is 8.64. The highest BCUT2D eigenvalue weighted by molar-refractivity contribution is 7.09. The van der Waals surface area contributed by atoms with Crippen LogP contribution in [0.4, 0.5) is 0 Å². The Labute approximate surface area is 115 Å². The molecular weight excluding hydrogens is 240 g/mol. The molecule has 1 saturated carbocycles. The van der Waals surface area contributed by atoms with Crippen LogP contribution >= 0.6 is 11.3 Å². The van der Waals surface area contributed by atoms with Crippen molar-refractivity contribution in [3.05, 3.63) is 22.4 Å². The molecule has 0 bridgehead atoms. The Balaban J connectivity index is 1.85. The van der Waals surface area contributed by atoms with Crippen molar-refractivity contribution < 1.29 is 0 Å². The highest BCUT2D eigenvalue weighted by Crippen LogP contribution is 2.35. The molecule has 1 fully saturated rings. The third-order valence-corrected chi connectivity index (χ3v) is 5.52. The second-order valence-electron chi connectivity index (χ2n) is 5.95. The van der Waals surface area contributed by atoms with Crippen molar-refractivity contribution in [3.8, 4) is 0 Å². The molecule has 1 aromatic rings. The summed E-state index contributed by atoms with van der Waals surface area (Å²) in [5.74, 6) is 0.919. The molecule has 2 rings (SSSR count). The summed E-state index contributed by atoms with van der Waals surface area (Å²) in [5.41, 5.74) is 6.23. The van der Waals surface area contributed by atoms with E-state index in [2.05, 4.69) is 36.4 Å². The van der Waals surface area contributed by atoms with Gasteiger partial charge in [0.25, 0.3) is 0 Å². The van der Waals surface area contributed by atoms with Crippen LogP contribution in [0.1, 0.15) is 37.5 Å². The van der Waals surface area contributed by atoms with Gasteiger partial charge < -0.3 is 5.73 Å². The fourth-order valence-corrected chi connectivity index (χ4v) is 3.41. The Morgan fingerprint density at radius 1 is 1.50 bits per heavy atom. The number of rotatable bonds is 7. The van der Waals surface area contributed by atoms with E-state index in [1.54, 1.807) is 0 Å². The van der Waals surface area contributed by atoms with E-state index in [1.165, 1.54) is 30.6 Å². The van der Waals surface area contributed by atoms with Crippen LogP contribution in [0, 0.1) is 5.92 Å². The molecule has 1 aliphatic carbocycles. The fourth-order valence-electron chi connectivity index (χ4n) is 2.72. The van der Waals surface area contributed by atoms with Gasteiger partial charge in [-0.25, -0.2) is 0 Å². The molecule has 1 unspecified atom stereocenters. The van der Waals surface area contributed by atoms with Crippen molar-refractivity contribution in [2.45, 2.75) is 44.6 Å². The standard InChI is InChI=1S/C15H26N2S/c1-15(12-16,11-13-5-3-6-13)17(2)9-8-14-7-4-10-18-14/h4,7,10,13H,3,5-6,8-9,11-12,16H2,1-2H3. The molecule has 0 saturated heterocycles. The van der Waals surface area contributed by atoms with Crippen LogP contribution in [0.5, 0.6) is 0 Å². The number of nitrogens with two attached hydrogens (primary N) is 1. The smallest absolute Gasteiger partial charge is 0.0303 e. The Morgan fingerprint density at radius 2 is 2.28 bits per heavy atom. The molecule has 2 N–H and O–H groups in total. The average molecular weight is 266 g/mol. The van der Waals surface area contributed by atoms with Crippen molar-refractivity contribution in [1.82, 2.24) is 4.90 Å². The fraction of sp³-hybridized carbons (Fsp3) is 0.733. The minimum Gasteiger partial charge on any atom is -0.329 e. The van der Waals surface area contributed by atoms with Gasteiger partial charge in [0.15, 0.2) is 0 Å². The van der Waals surface area contributed by atoms with Crippen molar-refractivity contribution >= 4 is 11.3 Å². The lowest BCUT2D eigenvalue weighted by molar-refractivity contribution is 0.0931. The lowest BCUT2D eigenvalue weighted by Gasteiger charge is -2.42. The topological polar surface area (TPSA) is 29.3 Å². The summed E-state index contributed by atoms with van der Waals surface area (Å²) in [6.45, 7) is 4.21. The van der Waals surface area contributed by atoms with Crippen molar-refractivity contribution in [1.29, 1.82) is 0 Å². The highest BCUT2D eigenvalue weighted by atomic mass is 32.1. The maximum atomic E-state index is 6.04. The zero-order valence-electron chi connectivity index (χ0n) is 11.7. The van der Waals surface area contributed by atoms with Crippen molar-refractivity contribution in [3.63, 3.8) is 0 Å². The summed E-state index contributed by atoms with van der Waals surface area (Å²) in [4.78, 5) is 3.95. The van der Waals surface area contributed by atoms with Gasteiger partial charge >= 0.3 is 0 Å². The van der Waals surface area contributed by atoms with E-state index in [-0.39, 0.29) is 5.54 Å². The number of thiophene rings is 1. The Kier molecular flexibility index (Phi) is 4.82. The first-order valence-corrected chi connectivity index (χ1v) is 7.96. The maximum Gasteiger partial charge on any atom is 0.0303 e. The molecule has 1 atom stereocenters. The monoisotopic (exact) mass is 266 g/mol. The molecule has 3 heteroatoms. The molecule has 0 spiro atoms. The van der Waals surface area contributed by atoms with Gasteiger partial charge in [-0.1, -0.05) is 25.3 Å². The molecule has 18 heavy (non-hydrogen) atoms. The highest BCUT2D eigenvalue weighted by Gasteiger charge is 2.32. The van der Waals surface area contributed by atoms with Crippen LogP contribution in [0.3, 0.4) is 0 Å². The molecule has 0 aliphatic heterocycles. The number of hydrogen-bond acceptors (Lipinski definition) is 3. The van der Waals surface area contributed by atoms with Crippen molar-refractivity contribution in [2.24, 2.45) is 11.7 Å². The van der Waals surface area contributed by atoms with E-state index in [1.807, 2.05) is 11.3 Å². The van der Waals surface area contributed by atoms with Gasteiger partial charge in [0.2, 0.25) is 0 Å². The van der Waals surface area contributed by atoms with Crippen LogP contribution < -0.4 is 5.73 Å². The predicted octanol–water partition coefficient (Wildman–Crippen LogP) is 3.13. The summed E-state index contributed by atoms with van der Waals surface area (Å²) in [7, 11) is 2.24. The molecule has 2 nitrogen and oxygen atoms in total. The Bertz CT molecular complexity index is 345. The molecule has 0 aromatic carbocycles. The second-order valence-corrected chi connectivity index (χ2v) is 6.99. The van der Waals surface area contributed by atoms with Gasteiger partial charge in [-0.15, -0.1) is 11.3 Å². The van der Waals surface area contributed by atoms with Crippen molar-refractivity contribution in [2.75, 3.05) is 20.1 Å². The molecule has 102 valence electrons. The molecule has 0 amide bonds. The lowest BCUT2D eigenvalue weighted by atomic mass is 9.76. The SMILES string of the molecule is CN(CCc1cccs1)C(C)(CN)CC1CCC1. The summed E-state index contributed by atoms with van der Waals surface area (Å²) in [5, 5.41) is 2.16. The molecular formula is C15H26N2S. The molecule has 1 aliphatic rings. The molecule has 1 aromatic heterocycles. The van der Waals surface area contributed by atoms with E-state index in [9.17, 15) is 0 Å². The van der Waals surface area contributed by atoms with E-state index >= 15 is 0 Å². The normalized spacial score (nSPS) is 19.8. The summed E-state index contributed by atoms with van der Waals surface area (Å²) < 4.78 is 0. The van der Waals surface area contributed by atoms with E-state index < -0.39 is 0 Å². The number of likely N-dealkylation sites (N-methyl/N-ethyl adjacent to an activating group) is 1. The van der Waals surface area contributed by atoms with Crippen LogP contribution in [-0.4, -0.2) is 30.6 Å². The third kappa shape index (κ3) is 3.34. The summed E-state index contributed by atoms with van der Waals surface area (Å²) in [6.07, 6.45) is 6.66. The molecule has 1 heterocycles. The maximum absolute atomic E-state index is 6.04. The zero-order valence-corrected chi connectivity index (χ0v) is 12.5. The summed E-state index contributed by atoms with van der Waals surface area (Å²) >= 11 is 1.85. The third-order valence-electron chi connectivity index (χ3n) is 4.59. The summed E-state index contributed by atoms with van der Waals surface area (Å²) in [6, 6.07) is 4.36. The van der Waals surface area contributed by atoms with Crippen LogP contribution in [0.15, 0.2) is 17.5 Å². The minimum atomic E-state index is 0.183. The van der Waals surface area contributed by atoms with E-state index in [0.29, 0.717) is 0 Å². The lowest BCUT2D eigenvalue weighted by Crippen LogP contribution is -2.52. The predicted molar refractivity (Wildman–Crippen MR) is 80.1 cm³/mol. The molecule has 0 radical (unpaired) electrons. The number of nitrogens with zero attached hydrogens (tertiary/aromatic N) is 1. The Hall–Kier alpha value is -0.380. The van der Waals surface area contributed by atoms with E-state index in [0.717, 1.165) is 25.4 Å². The second kappa shape index (κ2) is 6.18. The zero-order chi connectivity index (χ0) is 13.0. The minimum absolute atomic E-state index is 0.183. The first-order valence-electron chi connectivity index (χ1n) is 7.08.